The quantitative estimate of drug-likeness (QED) is 0.535. The van der Waals surface area contributed by atoms with Crippen LogP contribution in [0.4, 0.5) is 4.39 Å². The number of halogens is 1. The third-order valence-corrected chi connectivity index (χ3v) is 6.09. The first kappa shape index (κ1) is 20.0. The number of hydrogen-bond acceptors (Lipinski definition) is 6. The number of aliphatic hydroxyl groups excluding tert-OH is 1. The Morgan fingerprint density at radius 2 is 1.97 bits per heavy atom. The van der Waals surface area contributed by atoms with Crippen molar-refractivity contribution in [1.29, 1.82) is 0 Å². The molecule has 1 saturated carbocycles. The Bertz CT molecular complexity index is 893. The molecule has 2 heterocycles. The van der Waals surface area contributed by atoms with Gasteiger partial charge in [0.05, 0.1) is 12.4 Å². The SMILES string of the molecule is OC(COc1ccc(F)cc1)CSc1nnc(-c2ccco2)n1C1CCCCC1. The van der Waals surface area contributed by atoms with Crippen LogP contribution in [0, 0.1) is 5.82 Å². The summed E-state index contributed by atoms with van der Waals surface area (Å²) in [6.07, 6.45) is 6.78. The van der Waals surface area contributed by atoms with Gasteiger partial charge in [-0.25, -0.2) is 4.39 Å². The molecule has 0 amide bonds. The van der Waals surface area contributed by atoms with Crippen molar-refractivity contribution in [2.45, 2.75) is 49.4 Å². The smallest absolute Gasteiger partial charge is 0.200 e. The molecule has 1 N–H and O–H groups in total. The van der Waals surface area contributed by atoms with Gasteiger partial charge in [0.1, 0.15) is 18.2 Å². The van der Waals surface area contributed by atoms with E-state index < -0.39 is 6.10 Å². The second-order valence-corrected chi connectivity index (χ2v) is 8.16. The van der Waals surface area contributed by atoms with Crippen LogP contribution in [0.3, 0.4) is 0 Å². The zero-order valence-corrected chi connectivity index (χ0v) is 16.9. The fraction of sp³-hybridized carbons (Fsp3) is 0.429. The predicted octanol–water partition coefficient (Wildman–Crippen LogP) is 4.71. The van der Waals surface area contributed by atoms with Crippen LogP contribution < -0.4 is 4.74 Å². The van der Waals surface area contributed by atoms with Crippen molar-refractivity contribution in [3.8, 4) is 17.3 Å². The van der Waals surface area contributed by atoms with Crippen molar-refractivity contribution in [2.24, 2.45) is 0 Å². The summed E-state index contributed by atoms with van der Waals surface area (Å²) in [5.74, 6) is 2.07. The molecule has 0 bridgehead atoms. The lowest BCUT2D eigenvalue weighted by atomic mass is 9.95. The lowest BCUT2D eigenvalue weighted by Gasteiger charge is -2.25. The third-order valence-electron chi connectivity index (χ3n) is 5.01. The molecule has 3 aromatic rings. The van der Waals surface area contributed by atoms with E-state index in [1.54, 1.807) is 18.4 Å². The molecule has 2 aromatic heterocycles. The molecule has 0 radical (unpaired) electrons. The Morgan fingerprint density at radius 1 is 1.17 bits per heavy atom. The third kappa shape index (κ3) is 5.00. The van der Waals surface area contributed by atoms with E-state index in [4.69, 9.17) is 9.15 Å². The summed E-state index contributed by atoms with van der Waals surface area (Å²) in [4.78, 5) is 0. The molecular formula is C21H24FN3O3S. The van der Waals surface area contributed by atoms with Crippen LogP contribution in [0.15, 0.2) is 52.2 Å². The van der Waals surface area contributed by atoms with Crippen molar-refractivity contribution in [2.75, 3.05) is 12.4 Å². The molecule has 0 saturated heterocycles. The topological polar surface area (TPSA) is 73.3 Å². The zero-order valence-electron chi connectivity index (χ0n) is 16.0. The lowest BCUT2D eigenvalue weighted by molar-refractivity contribution is 0.126. The van der Waals surface area contributed by atoms with E-state index in [1.165, 1.54) is 43.2 Å². The van der Waals surface area contributed by atoms with E-state index in [0.717, 1.165) is 23.8 Å². The Balaban J connectivity index is 1.41. The molecule has 6 nitrogen and oxygen atoms in total. The van der Waals surface area contributed by atoms with Crippen molar-refractivity contribution in [3.05, 3.63) is 48.5 Å². The summed E-state index contributed by atoms with van der Waals surface area (Å²) in [6.45, 7) is 0.126. The largest absolute Gasteiger partial charge is 0.491 e. The van der Waals surface area contributed by atoms with Crippen molar-refractivity contribution in [1.82, 2.24) is 14.8 Å². The zero-order chi connectivity index (χ0) is 20.1. The first-order valence-electron chi connectivity index (χ1n) is 9.88. The van der Waals surface area contributed by atoms with E-state index in [9.17, 15) is 9.50 Å². The number of ether oxygens (including phenoxy) is 1. The molecule has 1 atom stereocenters. The molecule has 4 rings (SSSR count). The van der Waals surface area contributed by atoms with Crippen LogP contribution in [-0.4, -0.2) is 38.3 Å². The van der Waals surface area contributed by atoms with E-state index in [0.29, 0.717) is 23.3 Å². The van der Waals surface area contributed by atoms with Crippen molar-refractivity contribution < 1.29 is 18.7 Å². The van der Waals surface area contributed by atoms with Crippen LogP contribution in [0.25, 0.3) is 11.6 Å². The highest BCUT2D eigenvalue weighted by molar-refractivity contribution is 7.99. The van der Waals surface area contributed by atoms with Crippen molar-refractivity contribution >= 4 is 11.8 Å². The van der Waals surface area contributed by atoms with Crippen LogP contribution >= 0.6 is 11.8 Å². The second-order valence-electron chi connectivity index (χ2n) is 7.18. The average Bonchev–Trinajstić information content (AvgIpc) is 3.42. The van der Waals surface area contributed by atoms with E-state index >= 15 is 0 Å². The number of benzene rings is 1. The highest BCUT2D eigenvalue weighted by Gasteiger charge is 2.25. The molecule has 1 fully saturated rings. The minimum Gasteiger partial charge on any atom is -0.491 e. The minimum absolute atomic E-state index is 0.126. The number of nitrogens with zero attached hydrogens (tertiary/aromatic N) is 3. The lowest BCUT2D eigenvalue weighted by Crippen LogP contribution is -2.21. The van der Waals surface area contributed by atoms with Crippen LogP contribution in [-0.2, 0) is 0 Å². The Morgan fingerprint density at radius 3 is 2.69 bits per heavy atom. The molecule has 1 aliphatic rings. The summed E-state index contributed by atoms with van der Waals surface area (Å²) in [5.41, 5.74) is 0. The van der Waals surface area contributed by atoms with Crippen LogP contribution in [0.5, 0.6) is 5.75 Å². The number of furan rings is 1. The van der Waals surface area contributed by atoms with Gasteiger partial charge in [-0.1, -0.05) is 31.0 Å². The highest BCUT2D eigenvalue weighted by Crippen LogP contribution is 2.35. The van der Waals surface area contributed by atoms with E-state index in [1.807, 2.05) is 12.1 Å². The Hall–Kier alpha value is -2.32. The summed E-state index contributed by atoms with van der Waals surface area (Å²) < 4.78 is 26.2. The minimum atomic E-state index is -0.686. The van der Waals surface area contributed by atoms with Gasteiger partial charge in [0.2, 0.25) is 5.82 Å². The van der Waals surface area contributed by atoms with Gasteiger partial charge in [-0.2, -0.15) is 0 Å². The molecule has 0 spiro atoms. The maximum atomic E-state index is 13.0. The predicted molar refractivity (Wildman–Crippen MR) is 108 cm³/mol. The van der Waals surface area contributed by atoms with Gasteiger partial charge in [-0.15, -0.1) is 10.2 Å². The summed E-state index contributed by atoms with van der Waals surface area (Å²) in [5, 5.41) is 19.8. The second kappa shape index (κ2) is 9.45. The number of thioether (sulfide) groups is 1. The number of aromatic nitrogens is 3. The van der Waals surface area contributed by atoms with Gasteiger partial charge in [-0.05, 0) is 49.2 Å². The molecule has 29 heavy (non-hydrogen) atoms. The maximum absolute atomic E-state index is 13.0. The Labute approximate surface area is 173 Å². The molecule has 0 aliphatic heterocycles. The molecule has 1 aliphatic carbocycles. The first-order valence-corrected chi connectivity index (χ1v) is 10.9. The average molecular weight is 418 g/mol. The van der Waals surface area contributed by atoms with Gasteiger partial charge >= 0.3 is 0 Å². The van der Waals surface area contributed by atoms with Crippen LogP contribution in [0.1, 0.15) is 38.1 Å². The van der Waals surface area contributed by atoms with E-state index in [2.05, 4.69) is 14.8 Å². The normalized spacial score (nSPS) is 16.1. The molecule has 154 valence electrons. The number of hydrogen-bond donors (Lipinski definition) is 1. The summed E-state index contributed by atoms with van der Waals surface area (Å²) in [7, 11) is 0. The number of rotatable bonds is 8. The van der Waals surface area contributed by atoms with Gasteiger partial charge < -0.3 is 14.3 Å². The fourth-order valence-corrected chi connectivity index (χ4v) is 4.47. The maximum Gasteiger partial charge on any atom is 0.200 e. The molecule has 8 heteroatoms. The van der Waals surface area contributed by atoms with Gasteiger partial charge in [0, 0.05) is 11.8 Å². The van der Waals surface area contributed by atoms with Crippen molar-refractivity contribution in [3.63, 3.8) is 0 Å². The molecular weight excluding hydrogens is 393 g/mol. The van der Waals surface area contributed by atoms with Gasteiger partial charge in [0.15, 0.2) is 10.9 Å². The fourth-order valence-electron chi connectivity index (χ4n) is 3.56. The molecule has 1 unspecified atom stereocenters. The number of aliphatic hydroxyl groups is 1. The summed E-state index contributed by atoms with van der Waals surface area (Å²) >= 11 is 1.46. The Kier molecular flexibility index (Phi) is 6.51. The van der Waals surface area contributed by atoms with E-state index in [-0.39, 0.29) is 12.4 Å². The van der Waals surface area contributed by atoms with Gasteiger partial charge in [0.25, 0.3) is 0 Å². The monoisotopic (exact) mass is 417 g/mol. The first-order chi connectivity index (χ1) is 14.2. The van der Waals surface area contributed by atoms with Gasteiger partial charge in [-0.3, -0.25) is 4.57 Å². The summed E-state index contributed by atoms with van der Waals surface area (Å²) in [6, 6.07) is 9.84. The molecule has 1 aromatic carbocycles. The van der Waals surface area contributed by atoms with Crippen LogP contribution in [0.2, 0.25) is 0 Å². The standard InChI is InChI=1S/C21H24FN3O3S/c22-15-8-10-18(11-9-15)28-13-17(26)14-29-21-24-23-20(19-7-4-12-27-19)25(21)16-5-2-1-3-6-16/h4,7-12,16-17,26H,1-3,5-6,13-14H2. The highest BCUT2D eigenvalue weighted by atomic mass is 32.2.